The minimum Gasteiger partial charge on any atom is -0.302 e. The lowest BCUT2D eigenvalue weighted by atomic mass is 10.1. The largest absolute Gasteiger partial charge is 0.302 e. The van der Waals surface area contributed by atoms with Crippen molar-refractivity contribution in [3.05, 3.63) is 59.1 Å². The SMILES string of the molecule is N#Cc1ccc(Cc2cnc(NC(=O)CCCn3cncn3)s2)cc1. The number of carbonyl (C=O) groups is 1. The molecule has 3 rings (SSSR count). The van der Waals surface area contributed by atoms with Gasteiger partial charge in [0.05, 0.1) is 11.6 Å². The van der Waals surface area contributed by atoms with Crippen LogP contribution in [0.3, 0.4) is 0 Å². The van der Waals surface area contributed by atoms with Gasteiger partial charge in [0.15, 0.2) is 5.13 Å². The van der Waals surface area contributed by atoms with E-state index in [1.54, 1.807) is 29.3 Å². The number of aromatic nitrogens is 4. The van der Waals surface area contributed by atoms with E-state index in [-0.39, 0.29) is 5.91 Å². The number of nitriles is 1. The number of aryl methyl sites for hydroxylation is 1. The van der Waals surface area contributed by atoms with Crippen molar-refractivity contribution >= 4 is 22.4 Å². The fourth-order valence-electron chi connectivity index (χ4n) is 2.28. The van der Waals surface area contributed by atoms with Crippen molar-refractivity contribution in [2.24, 2.45) is 0 Å². The van der Waals surface area contributed by atoms with Crippen LogP contribution in [0.25, 0.3) is 0 Å². The van der Waals surface area contributed by atoms with Gasteiger partial charge in [-0.2, -0.15) is 10.4 Å². The molecule has 0 atom stereocenters. The van der Waals surface area contributed by atoms with Crippen molar-refractivity contribution in [2.45, 2.75) is 25.8 Å². The number of hydrogen-bond donors (Lipinski definition) is 1. The first-order chi connectivity index (χ1) is 12.2. The predicted octanol–water partition coefficient (Wildman–Crippen LogP) is 2.62. The Morgan fingerprint density at radius 1 is 1.32 bits per heavy atom. The average molecular weight is 352 g/mol. The van der Waals surface area contributed by atoms with E-state index in [2.05, 4.69) is 26.5 Å². The number of rotatable bonds is 7. The molecule has 0 saturated heterocycles. The Morgan fingerprint density at radius 2 is 2.16 bits per heavy atom. The first-order valence-electron chi connectivity index (χ1n) is 7.79. The van der Waals surface area contributed by atoms with Gasteiger partial charge in [-0.3, -0.25) is 9.48 Å². The van der Waals surface area contributed by atoms with Crippen LogP contribution in [0.4, 0.5) is 5.13 Å². The smallest absolute Gasteiger partial charge is 0.226 e. The maximum Gasteiger partial charge on any atom is 0.226 e. The van der Waals surface area contributed by atoms with E-state index in [0.717, 1.165) is 16.9 Å². The molecule has 0 radical (unpaired) electrons. The summed E-state index contributed by atoms with van der Waals surface area (Å²) < 4.78 is 1.70. The van der Waals surface area contributed by atoms with Crippen molar-refractivity contribution < 1.29 is 4.79 Å². The van der Waals surface area contributed by atoms with E-state index in [1.165, 1.54) is 17.7 Å². The summed E-state index contributed by atoms with van der Waals surface area (Å²) in [7, 11) is 0. The molecule has 1 aromatic carbocycles. The average Bonchev–Trinajstić information content (AvgIpc) is 3.28. The van der Waals surface area contributed by atoms with E-state index in [1.807, 2.05) is 12.1 Å². The van der Waals surface area contributed by atoms with Crippen LogP contribution in [-0.4, -0.2) is 25.7 Å². The van der Waals surface area contributed by atoms with Crippen LogP contribution < -0.4 is 5.32 Å². The van der Waals surface area contributed by atoms with E-state index in [0.29, 0.717) is 30.1 Å². The van der Waals surface area contributed by atoms with Gasteiger partial charge in [-0.1, -0.05) is 12.1 Å². The fourth-order valence-corrected chi connectivity index (χ4v) is 3.14. The highest BCUT2D eigenvalue weighted by Crippen LogP contribution is 2.21. The van der Waals surface area contributed by atoms with E-state index >= 15 is 0 Å². The highest BCUT2D eigenvalue weighted by molar-refractivity contribution is 7.15. The van der Waals surface area contributed by atoms with Crippen LogP contribution in [0, 0.1) is 11.3 Å². The van der Waals surface area contributed by atoms with Crippen molar-refractivity contribution in [3.8, 4) is 6.07 Å². The maximum atomic E-state index is 12.0. The number of carbonyl (C=O) groups excluding carboxylic acids is 1. The van der Waals surface area contributed by atoms with Gasteiger partial charge in [0.25, 0.3) is 0 Å². The van der Waals surface area contributed by atoms with Gasteiger partial charge in [0.1, 0.15) is 12.7 Å². The molecule has 0 aliphatic carbocycles. The van der Waals surface area contributed by atoms with Crippen LogP contribution in [0.2, 0.25) is 0 Å². The van der Waals surface area contributed by atoms with Gasteiger partial charge in [-0.05, 0) is 24.1 Å². The first-order valence-corrected chi connectivity index (χ1v) is 8.60. The third-order valence-electron chi connectivity index (χ3n) is 3.52. The second-order valence-electron chi connectivity index (χ2n) is 5.43. The molecule has 25 heavy (non-hydrogen) atoms. The monoisotopic (exact) mass is 352 g/mol. The quantitative estimate of drug-likeness (QED) is 0.705. The van der Waals surface area contributed by atoms with Crippen LogP contribution >= 0.6 is 11.3 Å². The van der Waals surface area contributed by atoms with E-state index in [4.69, 9.17) is 5.26 Å². The molecule has 126 valence electrons. The first kappa shape index (κ1) is 16.8. The Bertz CT molecular complexity index is 863. The molecular formula is C17H16N6OS. The minimum atomic E-state index is -0.0561. The Morgan fingerprint density at radius 3 is 2.88 bits per heavy atom. The Labute approximate surface area is 149 Å². The third-order valence-corrected chi connectivity index (χ3v) is 4.43. The van der Waals surface area contributed by atoms with E-state index < -0.39 is 0 Å². The number of benzene rings is 1. The lowest BCUT2D eigenvalue weighted by molar-refractivity contribution is -0.116. The van der Waals surface area contributed by atoms with Crippen LogP contribution in [0.1, 0.15) is 28.8 Å². The van der Waals surface area contributed by atoms with Crippen molar-refractivity contribution in [3.63, 3.8) is 0 Å². The standard InChI is InChI=1S/C17H16N6OS/c18-9-14-5-3-13(4-6-14)8-15-10-20-17(25-15)22-16(24)2-1-7-23-12-19-11-21-23/h3-6,10-12H,1-2,7-8H2,(H,20,22,24). The van der Waals surface area contributed by atoms with Gasteiger partial charge in [0.2, 0.25) is 5.91 Å². The van der Waals surface area contributed by atoms with E-state index in [9.17, 15) is 4.79 Å². The van der Waals surface area contributed by atoms with Gasteiger partial charge < -0.3 is 5.32 Å². The predicted molar refractivity (Wildman–Crippen MR) is 94.0 cm³/mol. The van der Waals surface area contributed by atoms with Crippen LogP contribution in [0.5, 0.6) is 0 Å². The Kier molecular flexibility index (Phi) is 5.49. The molecule has 0 spiro atoms. The molecule has 0 aliphatic rings. The molecule has 0 aliphatic heterocycles. The lowest BCUT2D eigenvalue weighted by Crippen LogP contribution is -2.12. The topological polar surface area (TPSA) is 96.5 Å². The number of amides is 1. The summed E-state index contributed by atoms with van der Waals surface area (Å²) in [6.45, 7) is 0.662. The molecular weight excluding hydrogens is 336 g/mol. The summed E-state index contributed by atoms with van der Waals surface area (Å²) in [5.74, 6) is -0.0561. The molecule has 2 aromatic heterocycles. The molecule has 1 amide bonds. The number of thiazole rings is 1. The molecule has 0 saturated carbocycles. The molecule has 0 fully saturated rings. The summed E-state index contributed by atoms with van der Waals surface area (Å²) in [6, 6.07) is 9.57. The summed E-state index contributed by atoms with van der Waals surface area (Å²) in [6.07, 6.45) is 6.71. The van der Waals surface area contributed by atoms with Crippen molar-refractivity contribution in [1.29, 1.82) is 5.26 Å². The van der Waals surface area contributed by atoms with Gasteiger partial charge in [-0.25, -0.2) is 9.97 Å². The molecule has 3 aromatic rings. The molecule has 0 bridgehead atoms. The van der Waals surface area contributed by atoms with Crippen molar-refractivity contribution in [1.82, 2.24) is 19.7 Å². The van der Waals surface area contributed by atoms with Gasteiger partial charge >= 0.3 is 0 Å². The highest BCUT2D eigenvalue weighted by Gasteiger charge is 2.08. The number of nitrogens with one attached hydrogen (secondary N) is 1. The number of anilines is 1. The van der Waals surface area contributed by atoms with Gasteiger partial charge in [0, 0.05) is 30.5 Å². The van der Waals surface area contributed by atoms with Crippen molar-refractivity contribution in [2.75, 3.05) is 5.32 Å². The lowest BCUT2D eigenvalue weighted by Gasteiger charge is -2.02. The zero-order valence-electron chi connectivity index (χ0n) is 13.4. The second-order valence-corrected chi connectivity index (χ2v) is 6.54. The zero-order chi connectivity index (χ0) is 17.5. The summed E-state index contributed by atoms with van der Waals surface area (Å²) in [5, 5.41) is 16.2. The summed E-state index contributed by atoms with van der Waals surface area (Å²) in [4.78, 5) is 21.1. The van der Waals surface area contributed by atoms with Gasteiger partial charge in [-0.15, -0.1) is 11.3 Å². The summed E-state index contributed by atoms with van der Waals surface area (Å²) in [5.41, 5.74) is 1.75. The number of nitrogens with zero attached hydrogens (tertiary/aromatic N) is 5. The molecule has 1 N–H and O–H groups in total. The maximum absolute atomic E-state index is 12.0. The number of hydrogen-bond acceptors (Lipinski definition) is 6. The van der Waals surface area contributed by atoms with Crippen LogP contribution in [-0.2, 0) is 17.8 Å². The normalized spacial score (nSPS) is 10.4. The molecule has 7 nitrogen and oxygen atoms in total. The Balaban J connectivity index is 1.47. The van der Waals surface area contributed by atoms with Crippen LogP contribution in [0.15, 0.2) is 43.1 Å². The molecule has 0 unspecified atom stereocenters. The summed E-state index contributed by atoms with van der Waals surface area (Å²) >= 11 is 1.46. The zero-order valence-corrected chi connectivity index (χ0v) is 14.2. The molecule has 2 heterocycles. The minimum absolute atomic E-state index is 0.0561. The third kappa shape index (κ3) is 4.96. The molecule has 8 heteroatoms. The second kappa shape index (κ2) is 8.17. The fraction of sp³-hybridized carbons (Fsp3) is 0.235. The highest BCUT2D eigenvalue weighted by atomic mass is 32.1. The Hall–Kier alpha value is -3.05.